The van der Waals surface area contributed by atoms with Crippen LogP contribution >= 0.6 is 0 Å². The highest BCUT2D eigenvalue weighted by Crippen LogP contribution is 2.34. The van der Waals surface area contributed by atoms with E-state index in [2.05, 4.69) is 10.2 Å². The number of nitro groups is 2. The second-order valence-electron chi connectivity index (χ2n) is 6.25. The average Bonchev–Trinajstić information content (AvgIpc) is 2.53. The van der Waals surface area contributed by atoms with Crippen LogP contribution in [0.2, 0.25) is 0 Å². The van der Waals surface area contributed by atoms with Crippen LogP contribution in [-0.2, 0) is 0 Å². The summed E-state index contributed by atoms with van der Waals surface area (Å²) in [6.45, 7) is 0.582. The maximum Gasteiger partial charge on any atom is 0.299 e. The maximum atomic E-state index is 11.2. The van der Waals surface area contributed by atoms with E-state index in [4.69, 9.17) is 0 Å². The van der Waals surface area contributed by atoms with Gasteiger partial charge >= 0.3 is 0 Å². The van der Waals surface area contributed by atoms with Crippen molar-refractivity contribution in [3.8, 4) is 0 Å². The van der Waals surface area contributed by atoms with Gasteiger partial charge in [-0.05, 0) is 33.0 Å². The summed E-state index contributed by atoms with van der Waals surface area (Å²) < 4.78 is 0. The van der Waals surface area contributed by atoms with Crippen molar-refractivity contribution in [2.45, 2.75) is 37.6 Å². The monoisotopic (exact) mass is 322 g/mol. The number of anilines is 1. The van der Waals surface area contributed by atoms with Gasteiger partial charge in [0.15, 0.2) is 0 Å². The third-order valence-electron chi connectivity index (χ3n) is 4.73. The van der Waals surface area contributed by atoms with Crippen molar-refractivity contribution in [3.63, 3.8) is 0 Å². The molecule has 2 rings (SSSR count). The number of nitro benzene ring substituents is 2. The SMILES string of the molecule is CN(C)C1(CNc2ccc([N+](=O)[O-])cc2[N+](=O)[O-])CCCCC1. The summed E-state index contributed by atoms with van der Waals surface area (Å²) in [6, 6.07) is 3.71. The zero-order valence-corrected chi connectivity index (χ0v) is 13.4. The maximum absolute atomic E-state index is 11.2. The van der Waals surface area contributed by atoms with Gasteiger partial charge in [0, 0.05) is 18.2 Å². The van der Waals surface area contributed by atoms with Gasteiger partial charge in [-0.25, -0.2) is 0 Å². The van der Waals surface area contributed by atoms with Gasteiger partial charge in [0.1, 0.15) is 5.69 Å². The summed E-state index contributed by atoms with van der Waals surface area (Å²) in [5.74, 6) is 0. The van der Waals surface area contributed by atoms with E-state index in [1.54, 1.807) is 0 Å². The topological polar surface area (TPSA) is 102 Å². The van der Waals surface area contributed by atoms with Crippen LogP contribution in [0.3, 0.4) is 0 Å². The van der Waals surface area contributed by atoms with Crippen LogP contribution in [0.5, 0.6) is 0 Å². The molecule has 23 heavy (non-hydrogen) atoms. The van der Waals surface area contributed by atoms with Crippen LogP contribution in [0.25, 0.3) is 0 Å². The van der Waals surface area contributed by atoms with E-state index in [-0.39, 0.29) is 16.9 Å². The predicted octanol–water partition coefficient (Wildman–Crippen LogP) is 3.18. The molecule has 0 atom stereocenters. The molecule has 1 aromatic rings. The Morgan fingerprint density at radius 1 is 1.13 bits per heavy atom. The molecule has 0 unspecified atom stereocenters. The van der Waals surface area contributed by atoms with E-state index in [1.807, 2.05) is 14.1 Å². The van der Waals surface area contributed by atoms with Gasteiger partial charge in [0.25, 0.3) is 11.4 Å². The third kappa shape index (κ3) is 3.76. The Morgan fingerprint density at radius 3 is 2.30 bits per heavy atom. The highest BCUT2D eigenvalue weighted by atomic mass is 16.6. The Hall–Kier alpha value is -2.22. The normalized spacial score (nSPS) is 17.0. The van der Waals surface area contributed by atoms with Crippen molar-refractivity contribution in [3.05, 3.63) is 38.4 Å². The molecule has 1 aromatic carbocycles. The molecule has 1 saturated carbocycles. The van der Waals surface area contributed by atoms with Gasteiger partial charge in [-0.3, -0.25) is 20.2 Å². The minimum absolute atomic E-state index is 0.0338. The van der Waals surface area contributed by atoms with Gasteiger partial charge in [-0.15, -0.1) is 0 Å². The number of hydrogen-bond acceptors (Lipinski definition) is 6. The quantitative estimate of drug-likeness (QED) is 0.637. The molecule has 1 aliphatic carbocycles. The highest BCUT2D eigenvalue weighted by Gasteiger charge is 2.34. The third-order valence-corrected chi connectivity index (χ3v) is 4.73. The van der Waals surface area contributed by atoms with Crippen molar-refractivity contribution in [2.75, 3.05) is 26.0 Å². The van der Waals surface area contributed by atoms with Crippen molar-refractivity contribution in [2.24, 2.45) is 0 Å². The molecule has 0 saturated heterocycles. The van der Waals surface area contributed by atoms with E-state index in [0.29, 0.717) is 12.2 Å². The standard InChI is InChI=1S/C15H22N4O4/c1-17(2)15(8-4-3-5-9-15)11-16-13-7-6-12(18(20)21)10-14(13)19(22)23/h6-7,10,16H,3-5,8-9,11H2,1-2H3. The Balaban J connectivity index is 2.22. The first-order valence-electron chi connectivity index (χ1n) is 7.70. The van der Waals surface area contributed by atoms with Crippen molar-refractivity contribution < 1.29 is 9.85 Å². The number of nitrogens with one attached hydrogen (secondary N) is 1. The van der Waals surface area contributed by atoms with E-state index >= 15 is 0 Å². The molecule has 0 bridgehead atoms. The Morgan fingerprint density at radius 2 is 1.78 bits per heavy atom. The lowest BCUT2D eigenvalue weighted by Crippen LogP contribution is -2.51. The first-order valence-corrected chi connectivity index (χ1v) is 7.70. The minimum atomic E-state index is -0.626. The Bertz CT molecular complexity index is 597. The van der Waals surface area contributed by atoms with Gasteiger partial charge < -0.3 is 10.2 Å². The van der Waals surface area contributed by atoms with E-state index < -0.39 is 9.85 Å². The summed E-state index contributed by atoms with van der Waals surface area (Å²) in [7, 11) is 4.05. The summed E-state index contributed by atoms with van der Waals surface area (Å²) in [5, 5.41) is 25.1. The molecule has 0 aliphatic heterocycles. The molecular weight excluding hydrogens is 300 g/mol. The molecular formula is C15H22N4O4. The van der Waals surface area contributed by atoms with Crippen LogP contribution in [0, 0.1) is 20.2 Å². The van der Waals surface area contributed by atoms with E-state index in [1.165, 1.54) is 18.6 Å². The highest BCUT2D eigenvalue weighted by molar-refractivity contribution is 5.65. The number of rotatable bonds is 6. The van der Waals surface area contributed by atoms with Crippen LogP contribution in [-0.4, -0.2) is 40.9 Å². The number of hydrogen-bond donors (Lipinski definition) is 1. The second kappa shape index (κ2) is 6.91. The number of benzene rings is 1. The average molecular weight is 322 g/mol. The largest absolute Gasteiger partial charge is 0.378 e. The van der Waals surface area contributed by atoms with Crippen LogP contribution in [0.1, 0.15) is 32.1 Å². The number of non-ortho nitro benzene ring substituents is 1. The summed E-state index contributed by atoms with van der Waals surface area (Å²) in [6.07, 6.45) is 5.57. The van der Waals surface area contributed by atoms with Gasteiger partial charge in [-0.1, -0.05) is 19.3 Å². The molecule has 8 heteroatoms. The van der Waals surface area contributed by atoms with Crippen LogP contribution in [0.15, 0.2) is 18.2 Å². The Labute approximate surface area is 134 Å². The molecule has 0 amide bonds. The van der Waals surface area contributed by atoms with Crippen molar-refractivity contribution in [1.29, 1.82) is 0 Å². The smallest absolute Gasteiger partial charge is 0.299 e. The van der Waals surface area contributed by atoms with E-state index in [0.717, 1.165) is 31.7 Å². The molecule has 8 nitrogen and oxygen atoms in total. The molecule has 1 aliphatic rings. The Kier molecular flexibility index (Phi) is 5.15. The van der Waals surface area contributed by atoms with Crippen LogP contribution in [0.4, 0.5) is 17.1 Å². The first-order chi connectivity index (χ1) is 10.9. The molecule has 0 aromatic heterocycles. The second-order valence-corrected chi connectivity index (χ2v) is 6.25. The number of nitrogens with zero attached hydrogens (tertiary/aromatic N) is 3. The summed E-state index contributed by atoms with van der Waals surface area (Å²) in [5.41, 5.74) is -0.244. The lowest BCUT2D eigenvalue weighted by molar-refractivity contribution is -0.393. The minimum Gasteiger partial charge on any atom is -0.378 e. The van der Waals surface area contributed by atoms with Gasteiger partial charge in [-0.2, -0.15) is 0 Å². The van der Waals surface area contributed by atoms with Gasteiger partial charge in [0.05, 0.1) is 15.9 Å². The predicted molar refractivity (Wildman–Crippen MR) is 87.7 cm³/mol. The summed E-state index contributed by atoms with van der Waals surface area (Å²) >= 11 is 0. The molecule has 126 valence electrons. The number of likely N-dealkylation sites (N-methyl/N-ethyl adjacent to an activating group) is 1. The van der Waals surface area contributed by atoms with E-state index in [9.17, 15) is 20.2 Å². The zero-order valence-electron chi connectivity index (χ0n) is 13.4. The lowest BCUT2D eigenvalue weighted by Gasteiger charge is -2.43. The van der Waals surface area contributed by atoms with Gasteiger partial charge in [0.2, 0.25) is 0 Å². The fourth-order valence-electron chi connectivity index (χ4n) is 3.19. The molecule has 0 heterocycles. The fourth-order valence-corrected chi connectivity index (χ4v) is 3.19. The fraction of sp³-hybridized carbons (Fsp3) is 0.600. The first kappa shape index (κ1) is 17.1. The lowest BCUT2D eigenvalue weighted by atomic mass is 9.80. The van der Waals surface area contributed by atoms with Crippen molar-refractivity contribution >= 4 is 17.1 Å². The zero-order chi connectivity index (χ0) is 17.0. The molecule has 1 N–H and O–H groups in total. The molecule has 0 spiro atoms. The van der Waals surface area contributed by atoms with Crippen molar-refractivity contribution in [1.82, 2.24) is 4.90 Å². The van der Waals surface area contributed by atoms with Crippen LogP contribution < -0.4 is 5.32 Å². The molecule has 0 radical (unpaired) electrons. The molecule has 1 fully saturated rings. The summed E-state index contributed by atoms with van der Waals surface area (Å²) in [4.78, 5) is 22.9.